The summed E-state index contributed by atoms with van der Waals surface area (Å²) in [6, 6.07) is 15.3. The van der Waals surface area contributed by atoms with Gasteiger partial charge in [0, 0.05) is 18.3 Å². The van der Waals surface area contributed by atoms with Crippen molar-refractivity contribution in [2.75, 3.05) is 20.0 Å². The Hall–Kier alpha value is -2.67. The van der Waals surface area contributed by atoms with Gasteiger partial charge in [-0.25, -0.2) is 0 Å². The summed E-state index contributed by atoms with van der Waals surface area (Å²) in [5, 5.41) is 3.19. The summed E-state index contributed by atoms with van der Waals surface area (Å²) in [6.45, 7) is 2.34. The number of carbonyl (C=O) groups is 2. The van der Waals surface area contributed by atoms with E-state index in [1.54, 1.807) is 30.9 Å². The van der Waals surface area contributed by atoms with Gasteiger partial charge in [-0.05, 0) is 54.7 Å². The lowest BCUT2D eigenvalue weighted by molar-refractivity contribution is -0.139. The molecule has 1 aliphatic rings. The minimum Gasteiger partial charge on any atom is -0.497 e. The Labute approximate surface area is 207 Å². The highest BCUT2D eigenvalue weighted by Gasteiger charge is 2.30. The van der Waals surface area contributed by atoms with Crippen molar-refractivity contribution in [2.24, 2.45) is 0 Å². The quantitative estimate of drug-likeness (QED) is 0.469. The van der Waals surface area contributed by atoms with Gasteiger partial charge in [-0.3, -0.25) is 9.59 Å². The Balaban J connectivity index is 1.70. The normalized spacial score (nSPS) is 14.4. The van der Waals surface area contributed by atoms with Crippen molar-refractivity contribution in [1.29, 1.82) is 0 Å². The number of ether oxygens (including phenoxy) is 2. The molecule has 2 amide bonds. The fourth-order valence-electron chi connectivity index (χ4n) is 4.32. The van der Waals surface area contributed by atoms with Crippen molar-refractivity contribution in [2.45, 2.75) is 63.4 Å². The number of hydrogen-bond acceptors (Lipinski definition) is 5. The second-order valence-electron chi connectivity index (χ2n) is 8.63. The third kappa shape index (κ3) is 7.42. The highest BCUT2D eigenvalue weighted by Crippen LogP contribution is 2.22. The van der Waals surface area contributed by atoms with Crippen molar-refractivity contribution >= 4 is 23.6 Å². The smallest absolute Gasteiger partial charge is 0.243 e. The summed E-state index contributed by atoms with van der Waals surface area (Å²) >= 11 is 1.56. The minimum absolute atomic E-state index is 0.0326. The van der Waals surface area contributed by atoms with Crippen molar-refractivity contribution in [3.8, 4) is 11.5 Å². The average Bonchev–Trinajstić information content (AvgIpc) is 3.37. The summed E-state index contributed by atoms with van der Waals surface area (Å²) in [5.74, 6) is 2.49. The average molecular weight is 485 g/mol. The van der Waals surface area contributed by atoms with Gasteiger partial charge in [0.25, 0.3) is 0 Å². The first-order valence-electron chi connectivity index (χ1n) is 12.0. The highest BCUT2D eigenvalue weighted by molar-refractivity contribution is 7.99. The number of amides is 2. The maximum absolute atomic E-state index is 13.4. The molecular formula is C27H36N2O4S. The molecule has 0 bridgehead atoms. The molecule has 34 heavy (non-hydrogen) atoms. The number of nitrogens with one attached hydrogen (secondary N) is 1. The molecule has 0 spiro atoms. The van der Waals surface area contributed by atoms with Crippen LogP contribution in [0.3, 0.4) is 0 Å². The van der Waals surface area contributed by atoms with Crippen LogP contribution in [0.15, 0.2) is 48.5 Å². The molecule has 0 radical (unpaired) electrons. The van der Waals surface area contributed by atoms with Crippen LogP contribution in [-0.2, 0) is 21.9 Å². The molecule has 0 unspecified atom stereocenters. The Morgan fingerprint density at radius 2 is 1.74 bits per heavy atom. The van der Waals surface area contributed by atoms with Crippen LogP contribution in [-0.4, -0.2) is 48.8 Å². The summed E-state index contributed by atoms with van der Waals surface area (Å²) in [6.07, 6.45) is 4.90. The zero-order valence-electron chi connectivity index (χ0n) is 20.4. The van der Waals surface area contributed by atoms with Crippen LogP contribution in [0.25, 0.3) is 0 Å². The minimum atomic E-state index is -0.499. The zero-order valence-corrected chi connectivity index (χ0v) is 21.2. The van der Waals surface area contributed by atoms with Crippen LogP contribution in [0.4, 0.5) is 0 Å². The topological polar surface area (TPSA) is 67.9 Å². The number of nitrogens with zero attached hydrogens (tertiary/aromatic N) is 1. The molecule has 1 fully saturated rings. The maximum atomic E-state index is 13.4. The Bertz CT molecular complexity index is 928. The number of hydrogen-bond donors (Lipinski definition) is 1. The Kier molecular flexibility index (Phi) is 10.1. The van der Waals surface area contributed by atoms with Gasteiger partial charge < -0.3 is 19.7 Å². The molecule has 0 heterocycles. The van der Waals surface area contributed by atoms with Crippen molar-refractivity contribution < 1.29 is 19.1 Å². The van der Waals surface area contributed by atoms with E-state index >= 15 is 0 Å². The molecule has 1 N–H and O–H groups in total. The summed E-state index contributed by atoms with van der Waals surface area (Å²) < 4.78 is 10.6. The van der Waals surface area contributed by atoms with E-state index < -0.39 is 6.04 Å². The van der Waals surface area contributed by atoms with Crippen LogP contribution in [0.2, 0.25) is 0 Å². The summed E-state index contributed by atoms with van der Waals surface area (Å²) in [5.41, 5.74) is 2.07. The lowest BCUT2D eigenvalue weighted by atomic mass is 10.1. The van der Waals surface area contributed by atoms with Crippen LogP contribution in [0, 0.1) is 0 Å². The first-order valence-corrected chi connectivity index (χ1v) is 13.1. The third-order valence-electron chi connectivity index (χ3n) is 6.23. The number of thioether (sulfide) groups is 1. The fourth-order valence-corrected chi connectivity index (χ4v) is 5.19. The molecule has 2 aromatic carbocycles. The van der Waals surface area contributed by atoms with Gasteiger partial charge in [-0.15, -0.1) is 11.8 Å². The molecule has 0 aliphatic heterocycles. The predicted octanol–water partition coefficient (Wildman–Crippen LogP) is 4.80. The highest BCUT2D eigenvalue weighted by atomic mass is 32.2. The molecule has 0 saturated heterocycles. The van der Waals surface area contributed by atoms with Gasteiger partial charge in [0.15, 0.2) is 0 Å². The van der Waals surface area contributed by atoms with Crippen LogP contribution >= 0.6 is 11.8 Å². The van der Waals surface area contributed by atoms with Gasteiger partial charge in [-0.2, -0.15) is 0 Å². The largest absolute Gasteiger partial charge is 0.497 e. The Morgan fingerprint density at radius 1 is 1.03 bits per heavy atom. The number of carbonyl (C=O) groups excluding carboxylic acids is 2. The van der Waals surface area contributed by atoms with Crippen molar-refractivity contribution in [1.82, 2.24) is 10.2 Å². The summed E-state index contributed by atoms with van der Waals surface area (Å²) in [4.78, 5) is 28.3. The van der Waals surface area contributed by atoms with Gasteiger partial charge in [-0.1, -0.05) is 44.0 Å². The first kappa shape index (κ1) is 25.9. The maximum Gasteiger partial charge on any atom is 0.243 e. The van der Waals surface area contributed by atoms with Crippen LogP contribution in [0.5, 0.6) is 11.5 Å². The van der Waals surface area contributed by atoms with Crippen LogP contribution < -0.4 is 14.8 Å². The number of methoxy groups -OCH3 is 2. The van der Waals surface area contributed by atoms with E-state index in [4.69, 9.17) is 9.47 Å². The zero-order chi connectivity index (χ0) is 24.3. The van der Waals surface area contributed by atoms with Crippen LogP contribution in [0.1, 0.15) is 50.2 Å². The van der Waals surface area contributed by atoms with E-state index in [0.29, 0.717) is 24.5 Å². The van der Waals surface area contributed by atoms with Crippen molar-refractivity contribution in [3.63, 3.8) is 0 Å². The SMILES string of the molecule is CC[C@@H](C(=O)NC1CCCC1)N(Cc1cccc(OC)c1)C(=O)CSCc1ccc(OC)cc1. The van der Waals surface area contributed by atoms with Gasteiger partial charge in [0.05, 0.1) is 20.0 Å². The summed E-state index contributed by atoms with van der Waals surface area (Å²) in [7, 11) is 3.27. The van der Waals surface area contributed by atoms with Gasteiger partial charge in [0.1, 0.15) is 17.5 Å². The molecule has 1 aliphatic carbocycles. The molecule has 3 rings (SSSR count). The second kappa shape index (κ2) is 13.3. The molecule has 0 aromatic heterocycles. The molecule has 2 aromatic rings. The fraction of sp³-hybridized carbons (Fsp3) is 0.481. The van der Waals surface area contributed by atoms with E-state index in [9.17, 15) is 9.59 Å². The lowest BCUT2D eigenvalue weighted by Crippen LogP contribution is -2.51. The number of rotatable bonds is 12. The van der Waals surface area contributed by atoms with Gasteiger partial charge in [0.2, 0.25) is 11.8 Å². The molecule has 6 nitrogen and oxygen atoms in total. The van der Waals surface area contributed by atoms with E-state index in [1.165, 1.54) is 0 Å². The third-order valence-corrected chi connectivity index (χ3v) is 7.22. The predicted molar refractivity (Wildman–Crippen MR) is 137 cm³/mol. The molecule has 7 heteroatoms. The number of benzene rings is 2. The van der Waals surface area contributed by atoms with E-state index in [-0.39, 0.29) is 17.9 Å². The first-order chi connectivity index (χ1) is 16.5. The molecule has 1 saturated carbocycles. The Morgan fingerprint density at radius 3 is 2.38 bits per heavy atom. The second-order valence-corrected chi connectivity index (χ2v) is 9.61. The van der Waals surface area contributed by atoms with E-state index in [0.717, 1.165) is 48.3 Å². The molecule has 184 valence electrons. The van der Waals surface area contributed by atoms with Crippen molar-refractivity contribution in [3.05, 3.63) is 59.7 Å². The van der Waals surface area contributed by atoms with Gasteiger partial charge >= 0.3 is 0 Å². The standard InChI is InChI=1S/C27H36N2O4S/c1-4-25(27(31)28-22-9-5-6-10-22)29(17-21-8-7-11-24(16-21)33-3)26(30)19-34-18-20-12-14-23(32-2)15-13-20/h7-8,11-16,22,25H,4-6,9-10,17-19H2,1-3H3,(H,28,31)/t25-/m0/s1. The lowest BCUT2D eigenvalue weighted by Gasteiger charge is -2.31. The molecular weight excluding hydrogens is 448 g/mol. The van der Waals surface area contributed by atoms with E-state index in [1.807, 2.05) is 55.5 Å². The molecule has 1 atom stereocenters. The monoisotopic (exact) mass is 484 g/mol. The van der Waals surface area contributed by atoms with E-state index in [2.05, 4.69) is 5.32 Å².